The van der Waals surface area contributed by atoms with Gasteiger partial charge in [0.1, 0.15) is 0 Å². The first-order chi connectivity index (χ1) is 6.48. The average molecular weight is 200 g/mol. The molecule has 0 saturated heterocycles. The van der Waals surface area contributed by atoms with Gasteiger partial charge in [-0.3, -0.25) is 4.79 Å². The van der Waals surface area contributed by atoms with Crippen LogP contribution in [-0.4, -0.2) is 30.7 Å². The molecule has 0 spiro atoms. The Morgan fingerprint density at radius 2 is 2.29 bits per heavy atom. The van der Waals surface area contributed by atoms with E-state index in [1.807, 2.05) is 13.8 Å². The van der Waals surface area contributed by atoms with E-state index in [1.54, 1.807) is 7.11 Å². The molecule has 2 unspecified atom stereocenters. The maximum absolute atomic E-state index is 11.3. The van der Waals surface area contributed by atoms with Crippen LogP contribution in [0.5, 0.6) is 0 Å². The normalized spacial score (nSPS) is 22.8. The molecule has 1 saturated carbocycles. The van der Waals surface area contributed by atoms with E-state index >= 15 is 0 Å². The van der Waals surface area contributed by atoms with E-state index in [2.05, 4.69) is 5.32 Å². The van der Waals surface area contributed by atoms with Gasteiger partial charge in [0.15, 0.2) is 0 Å². The van der Waals surface area contributed by atoms with Gasteiger partial charge in [0, 0.05) is 19.6 Å². The van der Waals surface area contributed by atoms with Gasteiger partial charge in [0.25, 0.3) is 0 Å². The largest absolute Gasteiger partial charge is 0.382 e. The van der Waals surface area contributed by atoms with E-state index in [0.29, 0.717) is 12.5 Å². The monoisotopic (exact) mass is 200 g/mol. The number of ether oxygens (including phenoxy) is 1. The summed E-state index contributed by atoms with van der Waals surface area (Å²) >= 11 is 0. The average Bonchev–Trinajstić information content (AvgIpc) is 2.87. The van der Waals surface area contributed by atoms with Crippen LogP contribution < -0.4 is 11.1 Å². The third kappa shape index (κ3) is 2.96. The Bertz CT molecular complexity index is 216. The van der Waals surface area contributed by atoms with Crippen molar-refractivity contribution < 1.29 is 9.53 Å². The van der Waals surface area contributed by atoms with Crippen LogP contribution in [0.4, 0.5) is 0 Å². The molecule has 4 nitrogen and oxygen atoms in total. The van der Waals surface area contributed by atoms with Crippen LogP contribution in [0.25, 0.3) is 0 Å². The zero-order chi connectivity index (χ0) is 10.8. The van der Waals surface area contributed by atoms with E-state index in [9.17, 15) is 4.79 Å². The standard InChI is InChI=1S/C10H20N2O2/c1-7(14-3)6-10(2,9(11)13)12-8-4-5-8/h7-8,12H,4-6H2,1-3H3,(H2,11,13). The molecule has 14 heavy (non-hydrogen) atoms. The van der Waals surface area contributed by atoms with Crippen LogP contribution in [0, 0.1) is 0 Å². The first-order valence-corrected chi connectivity index (χ1v) is 5.08. The fourth-order valence-electron chi connectivity index (χ4n) is 1.57. The summed E-state index contributed by atoms with van der Waals surface area (Å²) in [7, 11) is 1.64. The maximum atomic E-state index is 11.3. The highest BCUT2D eigenvalue weighted by atomic mass is 16.5. The molecule has 0 heterocycles. The number of rotatable bonds is 6. The second-order valence-electron chi connectivity index (χ2n) is 4.37. The van der Waals surface area contributed by atoms with Gasteiger partial charge in [-0.25, -0.2) is 0 Å². The number of carbonyl (C=O) groups is 1. The molecule has 1 aliphatic carbocycles. The lowest BCUT2D eigenvalue weighted by molar-refractivity contribution is -0.125. The number of nitrogens with two attached hydrogens (primary N) is 1. The molecule has 1 fully saturated rings. The zero-order valence-electron chi connectivity index (χ0n) is 9.17. The third-order valence-electron chi connectivity index (χ3n) is 2.74. The summed E-state index contributed by atoms with van der Waals surface area (Å²) in [6, 6.07) is 0.469. The van der Waals surface area contributed by atoms with Crippen molar-refractivity contribution in [1.82, 2.24) is 5.32 Å². The van der Waals surface area contributed by atoms with Gasteiger partial charge >= 0.3 is 0 Å². The van der Waals surface area contributed by atoms with Crippen LogP contribution in [-0.2, 0) is 9.53 Å². The van der Waals surface area contributed by atoms with Crippen molar-refractivity contribution in [2.75, 3.05) is 7.11 Å². The maximum Gasteiger partial charge on any atom is 0.237 e. The molecule has 82 valence electrons. The first-order valence-electron chi connectivity index (χ1n) is 5.08. The number of carbonyl (C=O) groups excluding carboxylic acids is 1. The Balaban J connectivity index is 2.54. The van der Waals surface area contributed by atoms with Crippen molar-refractivity contribution in [3.63, 3.8) is 0 Å². The van der Waals surface area contributed by atoms with Gasteiger partial charge < -0.3 is 15.8 Å². The lowest BCUT2D eigenvalue weighted by Gasteiger charge is -2.29. The molecule has 0 radical (unpaired) electrons. The number of methoxy groups -OCH3 is 1. The van der Waals surface area contributed by atoms with E-state index in [1.165, 1.54) is 0 Å². The Labute approximate surface area is 85.2 Å². The summed E-state index contributed by atoms with van der Waals surface area (Å²) < 4.78 is 5.15. The molecule has 2 atom stereocenters. The molecule has 4 heteroatoms. The molecular weight excluding hydrogens is 180 g/mol. The summed E-state index contributed by atoms with van der Waals surface area (Å²) in [5, 5.41) is 3.28. The van der Waals surface area contributed by atoms with Gasteiger partial charge in [-0.15, -0.1) is 0 Å². The molecule has 3 N–H and O–H groups in total. The zero-order valence-corrected chi connectivity index (χ0v) is 9.17. The molecule has 0 aliphatic heterocycles. The van der Waals surface area contributed by atoms with Crippen molar-refractivity contribution in [2.24, 2.45) is 5.73 Å². The predicted octanol–water partition coefficient (Wildman–Crippen LogP) is 0.407. The van der Waals surface area contributed by atoms with Gasteiger partial charge in [0.05, 0.1) is 11.6 Å². The molecule has 1 aliphatic rings. The second-order valence-corrected chi connectivity index (χ2v) is 4.37. The summed E-state index contributed by atoms with van der Waals surface area (Å²) in [6.07, 6.45) is 2.95. The van der Waals surface area contributed by atoms with Crippen molar-refractivity contribution in [2.45, 2.75) is 50.8 Å². The second kappa shape index (κ2) is 4.28. The van der Waals surface area contributed by atoms with Gasteiger partial charge in [0.2, 0.25) is 5.91 Å². The number of primary amides is 1. The Hall–Kier alpha value is -0.610. The lowest BCUT2D eigenvalue weighted by Crippen LogP contribution is -2.55. The van der Waals surface area contributed by atoms with Gasteiger partial charge in [-0.05, 0) is 26.7 Å². The summed E-state index contributed by atoms with van der Waals surface area (Å²) in [6.45, 7) is 3.79. The van der Waals surface area contributed by atoms with E-state index in [0.717, 1.165) is 12.8 Å². The Morgan fingerprint density at radius 3 is 2.64 bits per heavy atom. The third-order valence-corrected chi connectivity index (χ3v) is 2.74. The minimum atomic E-state index is -0.628. The molecule has 1 amide bonds. The summed E-state index contributed by atoms with van der Waals surface area (Å²) in [4.78, 5) is 11.3. The van der Waals surface area contributed by atoms with Gasteiger partial charge in [-0.2, -0.15) is 0 Å². The van der Waals surface area contributed by atoms with Crippen molar-refractivity contribution in [3.8, 4) is 0 Å². The molecule has 0 aromatic rings. The van der Waals surface area contributed by atoms with Gasteiger partial charge in [-0.1, -0.05) is 0 Å². The minimum Gasteiger partial charge on any atom is -0.382 e. The highest BCUT2D eigenvalue weighted by Crippen LogP contribution is 2.25. The highest BCUT2D eigenvalue weighted by Gasteiger charge is 2.37. The number of amides is 1. The van der Waals surface area contributed by atoms with Crippen molar-refractivity contribution in [1.29, 1.82) is 0 Å². The fraction of sp³-hybridized carbons (Fsp3) is 0.900. The number of nitrogens with one attached hydrogen (secondary N) is 1. The summed E-state index contributed by atoms with van der Waals surface area (Å²) in [5.74, 6) is -0.298. The quantitative estimate of drug-likeness (QED) is 0.652. The van der Waals surface area contributed by atoms with Crippen molar-refractivity contribution >= 4 is 5.91 Å². The van der Waals surface area contributed by atoms with Crippen LogP contribution in [0.2, 0.25) is 0 Å². The molecule has 1 rings (SSSR count). The fourth-order valence-corrected chi connectivity index (χ4v) is 1.57. The summed E-state index contributed by atoms with van der Waals surface area (Å²) in [5.41, 5.74) is 4.76. The molecule has 0 aromatic carbocycles. The number of hydrogen-bond acceptors (Lipinski definition) is 3. The molecule has 0 aromatic heterocycles. The van der Waals surface area contributed by atoms with Crippen LogP contribution >= 0.6 is 0 Å². The molecular formula is C10H20N2O2. The van der Waals surface area contributed by atoms with E-state index in [4.69, 9.17) is 10.5 Å². The van der Waals surface area contributed by atoms with E-state index in [-0.39, 0.29) is 12.0 Å². The number of hydrogen-bond donors (Lipinski definition) is 2. The Kier molecular flexibility index (Phi) is 3.50. The Morgan fingerprint density at radius 1 is 1.71 bits per heavy atom. The minimum absolute atomic E-state index is 0.0405. The van der Waals surface area contributed by atoms with E-state index < -0.39 is 5.54 Å². The van der Waals surface area contributed by atoms with Crippen LogP contribution in [0.3, 0.4) is 0 Å². The first kappa shape index (κ1) is 11.5. The topological polar surface area (TPSA) is 64.3 Å². The SMILES string of the molecule is COC(C)CC(C)(NC1CC1)C(N)=O. The lowest BCUT2D eigenvalue weighted by atomic mass is 9.93. The van der Waals surface area contributed by atoms with Crippen molar-refractivity contribution in [3.05, 3.63) is 0 Å². The van der Waals surface area contributed by atoms with Crippen LogP contribution in [0.15, 0.2) is 0 Å². The van der Waals surface area contributed by atoms with Crippen LogP contribution in [0.1, 0.15) is 33.1 Å². The highest BCUT2D eigenvalue weighted by molar-refractivity contribution is 5.84. The smallest absolute Gasteiger partial charge is 0.237 e. The molecule has 0 bridgehead atoms. The predicted molar refractivity (Wildman–Crippen MR) is 54.8 cm³/mol.